The van der Waals surface area contributed by atoms with E-state index in [0.717, 1.165) is 41.8 Å². The van der Waals surface area contributed by atoms with Crippen LogP contribution in [0.4, 0.5) is 0 Å². The summed E-state index contributed by atoms with van der Waals surface area (Å²) in [4.78, 5) is 34.9. The maximum atomic E-state index is 12.6. The molecule has 7 heteroatoms. The maximum absolute atomic E-state index is 12.6. The molecule has 2 N–H and O–H groups in total. The first-order chi connectivity index (χ1) is 13.8. The molecule has 5 rings (SSSR count). The average Bonchev–Trinajstić information content (AvgIpc) is 3.32. The first-order valence-electron chi connectivity index (χ1n) is 10.7. The summed E-state index contributed by atoms with van der Waals surface area (Å²) in [5.41, 5.74) is 1.69. The molecule has 3 aliphatic carbocycles. The summed E-state index contributed by atoms with van der Waals surface area (Å²) in [5, 5.41) is 4.10. The Hall–Kier alpha value is -1.34. The van der Waals surface area contributed by atoms with Crippen LogP contribution in [0.1, 0.15) is 62.7 Å². The number of nitrogens with one attached hydrogen (secondary N) is 2. The topological polar surface area (TPSA) is 74.8 Å². The minimum absolute atomic E-state index is 0.0217. The van der Waals surface area contributed by atoms with Gasteiger partial charge in [-0.1, -0.05) is 20.8 Å². The molecule has 3 aliphatic rings. The van der Waals surface area contributed by atoms with Crippen LogP contribution < -0.4 is 10.9 Å². The highest BCUT2D eigenvalue weighted by atomic mass is 32.2. The van der Waals surface area contributed by atoms with Crippen LogP contribution >= 0.6 is 23.1 Å². The molecular formula is C22H29N3O2S2. The molecule has 2 saturated carbocycles. The highest BCUT2D eigenvalue weighted by Crippen LogP contribution is 2.65. The van der Waals surface area contributed by atoms with Crippen molar-refractivity contribution in [1.82, 2.24) is 15.3 Å². The van der Waals surface area contributed by atoms with Crippen molar-refractivity contribution in [3.05, 3.63) is 26.6 Å². The Morgan fingerprint density at radius 3 is 2.90 bits per heavy atom. The van der Waals surface area contributed by atoms with Crippen molar-refractivity contribution < 1.29 is 4.79 Å². The first kappa shape index (κ1) is 19.6. The van der Waals surface area contributed by atoms with E-state index in [2.05, 4.69) is 36.1 Å². The molecule has 0 saturated heterocycles. The number of nitrogens with zero attached hydrogens (tertiary/aromatic N) is 1. The lowest BCUT2D eigenvalue weighted by Gasteiger charge is -2.39. The number of H-pyrrole nitrogens is 1. The van der Waals surface area contributed by atoms with E-state index in [1.54, 1.807) is 11.3 Å². The van der Waals surface area contributed by atoms with Crippen LogP contribution in [0, 0.1) is 16.7 Å². The van der Waals surface area contributed by atoms with E-state index in [1.165, 1.54) is 35.0 Å². The van der Waals surface area contributed by atoms with E-state index in [9.17, 15) is 9.59 Å². The summed E-state index contributed by atoms with van der Waals surface area (Å²) < 4.78 is 0. The molecule has 2 fully saturated rings. The Balaban J connectivity index is 1.20. The van der Waals surface area contributed by atoms with Crippen molar-refractivity contribution >= 4 is 39.2 Å². The third-order valence-electron chi connectivity index (χ3n) is 8.23. The molecule has 0 aromatic carbocycles. The van der Waals surface area contributed by atoms with Crippen molar-refractivity contribution in [3.8, 4) is 0 Å². The molecular weight excluding hydrogens is 402 g/mol. The van der Waals surface area contributed by atoms with Gasteiger partial charge in [-0.15, -0.1) is 23.1 Å². The van der Waals surface area contributed by atoms with Gasteiger partial charge in [-0.2, -0.15) is 0 Å². The zero-order valence-electron chi connectivity index (χ0n) is 17.4. The van der Waals surface area contributed by atoms with Crippen molar-refractivity contribution in [2.24, 2.45) is 16.7 Å². The second kappa shape index (κ2) is 6.84. The summed E-state index contributed by atoms with van der Waals surface area (Å²) in [5.74, 6) is 2.45. The predicted molar refractivity (Wildman–Crippen MR) is 120 cm³/mol. The minimum Gasteiger partial charge on any atom is -0.352 e. The number of carbonyl (C=O) groups is 1. The molecule has 156 valence electrons. The quantitative estimate of drug-likeness (QED) is 0.749. The van der Waals surface area contributed by atoms with Crippen LogP contribution in [0.3, 0.4) is 0 Å². The van der Waals surface area contributed by atoms with Crippen LogP contribution in [-0.4, -0.2) is 27.7 Å². The number of aromatic nitrogens is 2. The normalized spacial score (nSPS) is 29.5. The lowest BCUT2D eigenvalue weighted by molar-refractivity contribution is -0.120. The number of fused-ring (bicyclic) bond motifs is 5. The second-order valence-corrected chi connectivity index (χ2v) is 11.8. The molecule has 3 atom stereocenters. The van der Waals surface area contributed by atoms with Gasteiger partial charge >= 0.3 is 0 Å². The lowest BCUT2D eigenvalue weighted by Crippen LogP contribution is -2.47. The highest BCUT2D eigenvalue weighted by molar-refractivity contribution is 7.99. The Bertz CT molecular complexity index is 1040. The fourth-order valence-electron chi connectivity index (χ4n) is 6.01. The van der Waals surface area contributed by atoms with Crippen molar-refractivity contribution in [2.45, 2.75) is 71.1 Å². The van der Waals surface area contributed by atoms with E-state index in [-0.39, 0.29) is 22.9 Å². The van der Waals surface area contributed by atoms with E-state index in [0.29, 0.717) is 22.7 Å². The monoisotopic (exact) mass is 431 g/mol. The standard InChI is InChI=1S/C22H29N3O2S2/c1-21(2)12-7-8-22(21,3)15(9-12)23-17(26)11-28-10-16-24-19(27)18-13-5-4-6-14(13)29-20(18)25-16/h12,15H,4-11H2,1-3H3,(H,23,26)(H,24,25,27). The van der Waals surface area contributed by atoms with Crippen molar-refractivity contribution in [3.63, 3.8) is 0 Å². The average molecular weight is 432 g/mol. The van der Waals surface area contributed by atoms with Gasteiger partial charge in [-0.05, 0) is 60.8 Å². The molecule has 2 heterocycles. The highest BCUT2D eigenvalue weighted by Gasteiger charge is 2.61. The fourth-order valence-corrected chi connectivity index (χ4v) is 8.00. The lowest BCUT2D eigenvalue weighted by atomic mass is 9.69. The molecule has 5 nitrogen and oxygen atoms in total. The number of hydrogen-bond donors (Lipinski definition) is 2. The zero-order chi connectivity index (χ0) is 20.4. The summed E-state index contributed by atoms with van der Waals surface area (Å²) in [6.45, 7) is 7.08. The van der Waals surface area contributed by atoms with Crippen molar-refractivity contribution in [1.29, 1.82) is 0 Å². The summed E-state index contributed by atoms with van der Waals surface area (Å²) in [6, 6.07) is 0.284. The molecule has 2 bridgehead atoms. The summed E-state index contributed by atoms with van der Waals surface area (Å²) in [7, 11) is 0. The van der Waals surface area contributed by atoms with Crippen LogP contribution in [0.5, 0.6) is 0 Å². The number of carbonyl (C=O) groups excluding carboxylic acids is 1. The van der Waals surface area contributed by atoms with Gasteiger partial charge in [0.25, 0.3) is 5.56 Å². The van der Waals surface area contributed by atoms with E-state index < -0.39 is 0 Å². The fraction of sp³-hybridized carbons (Fsp3) is 0.682. The number of thioether (sulfide) groups is 1. The predicted octanol–water partition coefficient (Wildman–Crippen LogP) is 4.04. The molecule has 1 amide bonds. The van der Waals surface area contributed by atoms with Crippen LogP contribution in [0.15, 0.2) is 4.79 Å². The summed E-state index contributed by atoms with van der Waals surface area (Å²) in [6.07, 6.45) is 6.80. The number of aryl methyl sites for hydroxylation is 2. The van der Waals surface area contributed by atoms with Crippen molar-refractivity contribution in [2.75, 3.05) is 5.75 Å². The molecule has 0 radical (unpaired) electrons. The third kappa shape index (κ3) is 2.99. The smallest absolute Gasteiger partial charge is 0.259 e. The van der Waals surface area contributed by atoms with Gasteiger partial charge in [0, 0.05) is 10.9 Å². The summed E-state index contributed by atoms with van der Waals surface area (Å²) >= 11 is 3.19. The molecule has 3 unspecified atom stereocenters. The second-order valence-electron chi connectivity index (χ2n) is 9.77. The Kier molecular flexibility index (Phi) is 4.63. The molecule has 0 spiro atoms. The van der Waals surface area contributed by atoms with Crippen LogP contribution in [-0.2, 0) is 23.4 Å². The van der Waals surface area contributed by atoms with Gasteiger partial charge in [0.15, 0.2) is 0 Å². The maximum Gasteiger partial charge on any atom is 0.259 e. The molecule has 29 heavy (non-hydrogen) atoms. The largest absolute Gasteiger partial charge is 0.352 e. The van der Waals surface area contributed by atoms with Gasteiger partial charge < -0.3 is 10.3 Å². The number of thiophene rings is 1. The van der Waals surface area contributed by atoms with Gasteiger partial charge in [-0.3, -0.25) is 9.59 Å². The Labute approximate surface area is 179 Å². The van der Waals surface area contributed by atoms with Gasteiger partial charge in [0.05, 0.1) is 16.9 Å². The number of amides is 1. The number of hydrogen-bond acceptors (Lipinski definition) is 5. The molecule has 2 aromatic heterocycles. The van der Waals surface area contributed by atoms with E-state index in [4.69, 9.17) is 0 Å². The SMILES string of the molecule is CC1(C)C2CCC1(C)C(NC(=O)CSCc1nc3sc4c(c3c(=O)[nH]1)CCC4)C2. The number of rotatable bonds is 5. The van der Waals surface area contributed by atoms with Gasteiger partial charge in [-0.25, -0.2) is 4.98 Å². The van der Waals surface area contributed by atoms with Crippen LogP contribution in [0.25, 0.3) is 10.2 Å². The Morgan fingerprint density at radius 1 is 1.34 bits per heavy atom. The third-order valence-corrected chi connectivity index (χ3v) is 10.4. The van der Waals surface area contributed by atoms with Crippen LogP contribution in [0.2, 0.25) is 0 Å². The Morgan fingerprint density at radius 2 is 2.17 bits per heavy atom. The van der Waals surface area contributed by atoms with Gasteiger partial charge in [0.1, 0.15) is 10.7 Å². The minimum atomic E-state index is -0.0217. The zero-order valence-corrected chi connectivity index (χ0v) is 19.0. The molecule has 0 aliphatic heterocycles. The molecule has 2 aromatic rings. The first-order valence-corrected chi connectivity index (χ1v) is 12.7. The number of aromatic amines is 1. The van der Waals surface area contributed by atoms with E-state index in [1.807, 2.05) is 0 Å². The van der Waals surface area contributed by atoms with E-state index >= 15 is 0 Å². The van der Waals surface area contributed by atoms with Gasteiger partial charge in [0.2, 0.25) is 5.91 Å².